The highest BCUT2D eigenvalue weighted by Crippen LogP contribution is 2.12. The lowest BCUT2D eigenvalue weighted by Gasteiger charge is -2.15. The van der Waals surface area contributed by atoms with Gasteiger partial charge < -0.3 is 5.32 Å². The van der Waals surface area contributed by atoms with Gasteiger partial charge in [0.15, 0.2) is 0 Å². The van der Waals surface area contributed by atoms with E-state index >= 15 is 0 Å². The Labute approximate surface area is 126 Å². The molecule has 0 aliphatic rings. The lowest BCUT2D eigenvalue weighted by Crippen LogP contribution is -2.28. The molecule has 2 aromatic rings. The fraction of sp³-hybridized carbons (Fsp3) is 0.438. The molecular formula is C16H22ClN3. The van der Waals surface area contributed by atoms with Gasteiger partial charge in [-0.1, -0.05) is 30.7 Å². The van der Waals surface area contributed by atoms with E-state index in [-0.39, 0.29) is 0 Å². The summed E-state index contributed by atoms with van der Waals surface area (Å²) in [6.45, 7) is 6.19. The first-order chi connectivity index (χ1) is 9.69. The molecule has 1 N–H and O–H groups in total. The van der Waals surface area contributed by atoms with Gasteiger partial charge in [0, 0.05) is 30.4 Å². The van der Waals surface area contributed by atoms with Crippen molar-refractivity contribution in [3.05, 3.63) is 52.8 Å². The molecule has 0 saturated carbocycles. The maximum absolute atomic E-state index is 6.01. The third kappa shape index (κ3) is 4.36. The van der Waals surface area contributed by atoms with E-state index in [1.165, 1.54) is 11.3 Å². The van der Waals surface area contributed by atoms with Crippen molar-refractivity contribution < 1.29 is 0 Å². The van der Waals surface area contributed by atoms with Gasteiger partial charge in [0.25, 0.3) is 0 Å². The average Bonchev–Trinajstić information content (AvgIpc) is 2.84. The highest BCUT2D eigenvalue weighted by molar-refractivity contribution is 6.30. The molecule has 1 atom stereocenters. The molecule has 0 spiro atoms. The van der Waals surface area contributed by atoms with Gasteiger partial charge in [0.2, 0.25) is 0 Å². The second-order valence-electron chi connectivity index (χ2n) is 5.16. The first-order valence-corrected chi connectivity index (χ1v) is 7.55. The van der Waals surface area contributed by atoms with Crippen molar-refractivity contribution in [2.24, 2.45) is 0 Å². The molecule has 0 amide bonds. The van der Waals surface area contributed by atoms with Crippen LogP contribution in [0.15, 0.2) is 36.5 Å². The quantitative estimate of drug-likeness (QED) is 0.843. The lowest BCUT2D eigenvalue weighted by molar-refractivity contribution is 0.504. The van der Waals surface area contributed by atoms with Gasteiger partial charge in [-0.25, -0.2) is 0 Å². The molecule has 20 heavy (non-hydrogen) atoms. The largest absolute Gasteiger partial charge is 0.308 e. The molecule has 3 nitrogen and oxygen atoms in total. The fourth-order valence-electron chi connectivity index (χ4n) is 2.29. The lowest BCUT2D eigenvalue weighted by atomic mass is 10.1. The van der Waals surface area contributed by atoms with Gasteiger partial charge in [0.1, 0.15) is 0 Å². The first-order valence-electron chi connectivity index (χ1n) is 7.17. The standard InChI is InChI=1S/C16H22ClN3/c1-3-9-20-16(7-8-19-20)12-18-13(2)10-14-5-4-6-15(17)11-14/h4-8,11,13,18H,3,9-10,12H2,1-2H3. The zero-order chi connectivity index (χ0) is 14.4. The van der Waals surface area contributed by atoms with Crippen molar-refractivity contribution in [1.82, 2.24) is 15.1 Å². The van der Waals surface area contributed by atoms with Crippen molar-refractivity contribution in [3.8, 4) is 0 Å². The summed E-state index contributed by atoms with van der Waals surface area (Å²) in [5.41, 5.74) is 2.50. The summed E-state index contributed by atoms with van der Waals surface area (Å²) in [6.07, 6.45) is 3.95. The summed E-state index contributed by atoms with van der Waals surface area (Å²) < 4.78 is 2.07. The Balaban J connectivity index is 1.85. The highest BCUT2D eigenvalue weighted by Gasteiger charge is 2.06. The number of nitrogens with zero attached hydrogens (tertiary/aromatic N) is 2. The molecule has 1 heterocycles. The molecule has 2 rings (SSSR count). The van der Waals surface area contributed by atoms with Crippen molar-refractivity contribution in [1.29, 1.82) is 0 Å². The van der Waals surface area contributed by atoms with Gasteiger partial charge in [0.05, 0.1) is 5.69 Å². The van der Waals surface area contributed by atoms with E-state index in [9.17, 15) is 0 Å². The van der Waals surface area contributed by atoms with Crippen LogP contribution in [0.3, 0.4) is 0 Å². The van der Waals surface area contributed by atoms with E-state index in [1.54, 1.807) is 0 Å². The predicted octanol–water partition coefficient (Wildman–Crippen LogP) is 3.67. The minimum absolute atomic E-state index is 0.401. The topological polar surface area (TPSA) is 29.9 Å². The van der Waals surface area contributed by atoms with E-state index < -0.39 is 0 Å². The van der Waals surface area contributed by atoms with Crippen LogP contribution in [-0.2, 0) is 19.5 Å². The van der Waals surface area contributed by atoms with Gasteiger partial charge in [-0.3, -0.25) is 4.68 Å². The Morgan fingerprint density at radius 3 is 2.95 bits per heavy atom. The Hall–Kier alpha value is -1.32. The molecule has 0 radical (unpaired) electrons. The summed E-state index contributed by atoms with van der Waals surface area (Å²) in [7, 11) is 0. The molecule has 1 aromatic heterocycles. The second-order valence-corrected chi connectivity index (χ2v) is 5.60. The molecular weight excluding hydrogens is 270 g/mol. The number of nitrogens with one attached hydrogen (secondary N) is 1. The van der Waals surface area contributed by atoms with Gasteiger partial charge >= 0.3 is 0 Å². The van der Waals surface area contributed by atoms with Gasteiger partial charge in [-0.05, 0) is 43.5 Å². The number of rotatable bonds is 7. The molecule has 0 aliphatic carbocycles. The first kappa shape index (κ1) is 15.1. The molecule has 0 bridgehead atoms. The number of halogens is 1. The Kier molecular flexibility index (Phi) is 5.62. The second kappa shape index (κ2) is 7.46. The van der Waals surface area contributed by atoms with E-state index in [2.05, 4.69) is 41.1 Å². The molecule has 1 aromatic carbocycles. The third-order valence-electron chi connectivity index (χ3n) is 3.30. The fourth-order valence-corrected chi connectivity index (χ4v) is 2.50. The SMILES string of the molecule is CCCn1nccc1CNC(C)Cc1cccc(Cl)c1. The number of aromatic nitrogens is 2. The summed E-state index contributed by atoms with van der Waals surface area (Å²) in [5.74, 6) is 0. The van der Waals surface area contributed by atoms with Gasteiger partial charge in [-0.15, -0.1) is 0 Å². The zero-order valence-electron chi connectivity index (χ0n) is 12.1. The van der Waals surface area contributed by atoms with Crippen molar-refractivity contribution in [3.63, 3.8) is 0 Å². The number of aryl methyl sites for hydroxylation is 1. The van der Waals surface area contributed by atoms with E-state index in [4.69, 9.17) is 11.6 Å². The molecule has 0 aliphatic heterocycles. The average molecular weight is 292 g/mol. The van der Waals surface area contributed by atoms with Crippen molar-refractivity contribution >= 4 is 11.6 Å². The van der Waals surface area contributed by atoms with Crippen LogP contribution in [0, 0.1) is 0 Å². The number of benzene rings is 1. The van der Waals surface area contributed by atoms with Crippen LogP contribution in [0.2, 0.25) is 5.02 Å². The van der Waals surface area contributed by atoms with Crippen LogP contribution in [0.1, 0.15) is 31.5 Å². The number of hydrogen-bond acceptors (Lipinski definition) is 2. The minimum atomic E-state index is 0.401. The number of hydrogen-bond donors (Lipinski definition) is 1. The van der Waals surface area contributed by atoms with Crippen LogP contribution in [-0.4, -0.2) is 15.8 Å². The zero-order valence-corrected chi connectivity index (χ0v) is 12.9. The smallest absolute Gasteiger partial charge is 0.0522 e. The predicted molar refractivity (Wildman–Crippen MR) is 84.0 cm³/mol. The normalized spacial score (nSPS) is 12.6. The minimum Gasteiger partial charge on any atom is -0.308 e. The van der Waals surface area contributed by atoms with Crippen LogP contribution in [0.25, 0.3) is 0 Å². The summed E-state index contributed by atoms with van der Waals surface area (Å²) >= 11 is 6.01. The molecule has 4 heteroatoms. The third-order valence-corrected chi connectivity index (χ3v) is 3.54. The van der Waals surface area contributed by atoms with Crippen molar-refractivity contribution in [2.45, 2.75) is 45.8 Å². The van der Waals surface area contributed by atoms with Crippen LogP contribution in [0.4, 0.5) is 0 Å². The molecule has 108 valence electrons. The summed E-state index contributed by atoms with van der Waals surface area (Å²) in [6, 6.07) is 10.5. The van der Waals surface area contributed by atoms with Crippen LogP contribution < -0.4 is 5.32 Å². The van der Waals surface area contributed by atoms with E-state index in [0.29, 0.717) is 6.04 Å². The van der Waals surface area contributed by atoms with Crippen molar-refractivity contribution in [2.75, 3.05) is 0 Å². The molecule has 0 saturated heterocycles. The summed E-state index contributed by atoms with van der Waals surface area (Å²) in [5, 5.41) is 8.69. The Morgan fingerprint density at radius 2 is 2.20 bits per heavy atom. The van der Waals surface area contributed by atoms with E-state index in [1.807, 2.05) is 24.4 Å². The highest BCUT2D eigenvalue weighted by atomic mass is 35.5. The monoisotopic (exact) mass is 291 g/mol. The summed E-state index contributed by atoms with van der Waals surface area (Å²) in [4.78, 5) is 0. The maximum Gasteiger partial charge on any atom is 0.0522 e. The maximum atomic E-state index is 6.01. The van der Waals surface area contributed by atoms with Gasteiger partial charge in [-0.2, -0.15) is 5.10 Å². The van der Waals surface area contributed by atoms with Crippen LogP contribution >= 0.6 is 11.6 Å². The van der Waals surface area contributed by atoms with E-state index in [0.717, 1.165) is 31.0 Å². The molecule has 0 fully saturated rings. The van der Waals surface area contributed by atoms with Crippen LogP contribution in [0.5, 0.6) is 0 Å². The Bertz CT molecular complexity index is 536. The Morgan fingerprint density at radius 1 is 1.35 bits per heavy atom. The molecule has 1 unspecified atom stereocenters.